The SMILES string of the molecule is C=C[CH2-].Cc1c(C)c(C)[c-](C)c1C.[Pd+2]. The summed E-state index contributed by atoms with van der Waals surface area (Å²) in [7, 11) is 0. The van der Waals surface area contributed by atoms with Gasteiger partial charge in [0.15, 0.2) is 0 Å². The van der Waals surface area contributed by atoms with Crippen LogP contribution in [-0.4, -0.2) is 0 Å². The second kappa shape index (κ2) is 6.99. The van der Waals surface area contributed by atoms with Crippen molar-refractivity contribution < 1.29 is 20.4 Å². The summed E-state index contributed by atoms with van der Waals surface area (Å²) in [6.45, 7) is 17.5. The first-order valence-electron chi connectivity index (χ1n) is 4.57. The molecule has 0 aliphatic heterocycles. The molecule has 0 unspecified atom stereocenters. The molecule has 0 fully saturated rings. The van der Waals surface area contributed by atoms with E-state index in [9.17, 15) is 0 Å². The van der Waals surface area contributed by atoms with Crippen molar-refractivity contribution in [1.29, 1.82) is 0 Å². The van der Waals surface area contributed by atoms with Crippen molar-refractivity contribution in [3.63, 3.8) is 0 Å². The monoisotopic (exact) mass is 282 g/mol. The van der Waals surface area contributed by atoms with Crippen molar-refractivity contribution in [2.45, 2.75) is 34.6 Å². The van der Waals surface area contributed by atoms with Crippen LogP contribution in [0.4, 0.5) is 0 Å². The van der Waals surface area contributed by atoms with Crippen molar-refractivity contribution in [3.05, 3.63) is 47.4 Å². The van der Waals surface area contributed by atoms with E-state index in [1.165, 1.54) is 33.9 Å². The second-order valence-corrected chi connectivity index (χ2v) is 3.41. The second-order valence-electron chi connectivity index (χ2n) is 3.41. The minimum atomic E-state index is 0. The fourth-order valence-electron chi connectivity index (χ4n) is 1.41. The molecule has 0 radical (unpaired) electrons. The molecule has 0 atom stereocenters. The van der Waals surface area contributed by atoms with E-state index in [0.717, 1.165) is 0 Å². The first kappa shape index (κ1) is 16.1. The fourth-order valence-corrected chi connectivity index (χ4v) is 1.41. The van der Waals surface area contributed by atoms with E-state index in [1.807, 2.05) is 0 Å². The maximum Gasteiger partial charge on any atom is 2.00 e. The van der Waals surface area contributed by atoms with Gasteiger partial charge in [-0.25, -0.2) is 19.6 Å². The molecular formula is C13H20Pd. The van der Waals surface area contributed by atoms with Crippen LogP contribution in [0.1, 0.15) is 27.8 Å². The van der Waals surface area contributed by atoms with Gasteiger partial charge in [0.05, 0.1) is 0 Å². The molecule has 0 heterocycles. The summed E-state index contributed by atoms with van der Waals surface area (Å²) in [5, 5.41) is 0. The Morgan fingerprint density at radius 1 is 1.07 bits per heavy atom. The Hall–Kier alpha value is -0.378. The standard InChI is InChI=1S/C10H15.C3H5.Pd/c1-6-7(2)9(4)10(5)8(6)3;1-3-2;/h1-5H3;3H,1-2H2;/q2*-1;+2. The molecule has 14 heavy (non-hydrogen) atoms. The van der Waals surface area contributed by atoms with Crippen molar-refractivity contribution in [1.82, 2.24) is 0 Å². The Kier molecular flexibility index (Phi) is 8.02. The summed E-state index contributed by atoms with van der Waals surface area (Å²) in [5.74, 6) is 0. The van der Waals surface area contributed by atoms with Crippen LogP contribution in [0.2, 0.25) is 0 Å². The van der Waals surface area contributed by atoms with Crippen molar-refractivity contribution in [3.8, 4) is 0 Å². The molecule has 0 saturated heterocycles. The number of allylic oxidation sites excluding steroid dienone is 1. The summed E-state index contributed by atoms with van der Waals surface area (Å²) in [5.41, 5.74) is 7.34. The molecule has 0 aliphatic rings. The first-order valence-corrected chi connectivity index (χ1v) is 4.57. The smallest absolute Gasteiger partial charge is 0.245 e. The van der Waals surface area contributed by atoms with Gasteiger partial charge in [-0.3, -0.25) is 0 Å². The molecule has 0 bridgehead atoms. The Morgan fingerprint density at radius 2 is 1.29 bits per heavy atom. The minimum absolute atomic E-state index is 0. The number of rotatable bonds is 0. The zero-order valence-corrected chi connectivity index (χ0v) is 11.4. The summed E-state index contributed by atoms with van der Waals surface area (Å²) < 4.78 is 0. The molecule has 1 heteroatoms. The van der Waals surface area contributed by atoms with Gasteiger partial charge in [0, 0.05) is 0 Å². The third-order valence-electron chi connectivity index (χ3n) is 2.81. The third kappa shape index (κ3) is 3.41. The van der Waals surface area contributed by atoms with E-state index in [-0.39, 0.29) is 20.4 Å². The first-order chi connectivity index (χ1) is 5.97. The molecule has 0 aliphatic carbocycles. The Morgan fingerprint density at radius 3 is 1.36 bits per heavy atom. The van der Waals surface area contributed by atoms with Gasteiger partial charge in [0.2, 0.25) is 0 Å². The van der Waals surface area contributed by atoms with Gasteiger partial charge in [-0.05, 0) is 0 Å². The van der Waals surface area contributed by atoms with Crippen LogP contribution in [0, 0.1) is 41.5 Å². The van der Waals surface area contributed by atoms with Crippen LogP contribution >= 0.6 is 0 Å². The average molecular weight is 283 g/mol. The molecule has 0 nitrogen and oxygen atoms in total. The van der Waals surface area contributed by atoms with E-state index in [0.29, 0.717) is 0 Å². The molecule has 1 aromatic carbocycles. The zero-order chi connectivity index (χ0) is 10.6. The topological polar surface area (TPSA) is 0 Å². The predicted octanol–water partition coefficient (Wildman–Crippen LogP) is 3.95. The van der Waals surface area contributed by atoms with Crippen LogP contribution in [0.25, 0.3) is 0 Å². The van der Waals surface area contributed by atoms with E-state index >= 15 is 0 Å². The van der Waals surface area contributed by atoms with E-state index < -0.39 is 0 Å². The zero-order valence-electron chi connectivity index (χ0n) is 9.81. The van der Waals surface area contributed by atoms with Crippen LogP contribution < -0.4 is 0 Å². The molecule has 0 N–H and O–H groups in total. The molecule has 0 saturated carbocycles. The Balaban J connectivity index is 0. The van der Waals surface area contributed by atoms with Gasteiger partial charge < -0.3 is 0 Å². The maximum atomic E-state index is 3.25. The third-order valence-corrected chi connectivity index (χ3v) is 2.81. The van der Waals surface area contributed by atoms with Crippen LogP contribution in [-0.2, 0) is 20.4 Å². The van der Waals surface area contributed by atoms with E-state index in [4.69, 9.17) is 0 Å². The summed E-state index contributed by atoms with van der Waals surface area (Å²) in [6, 6.07) is 0. The van der Waals surface area contributed by atoms with Crippen LogP contribution in [0.3, 0.4) is 0 Å². The maximum absolute atomic E-state index is 3.25. The van der Waals surface area contributed by atoms with Crippen LogP contribution in [0.5, 0.6) is 0 Å². The molecule has 82 valence electrons. The van der Waals surface area contributed by atoms with E-state index in [2.05, 4.69) is 48.1 Å². The van der Waals surface area contributed by atoms with E-state index in [1.54, 1.807) is 0 Å². The van der Waals surface area contributed by atoms with Gasteiger partial charge in [0.25, 0.3) is 0 Å². The Labute approximate surface area is 102 Å². The van der Waals surface area contributed by atoms with Crippen molar-refractivity contribution in [2.24, 2.45) is 0 Å². The number of hydrogen-bond donors (Lipinski definition) is 0. The predicted molar refractivity (Wildman–Crippen MR) is 61.3 cm³/mol. The molecule has 1 rings (SSSR count). The minimum Gasteiger partial charge on any atom is -0.245 e. The summed E-state index contributed by atoms with van der Waals surface area (Å²) in [6.07, 6.45) is 1.50. The molecular weight excluding hydrogens is 263 g/mol. The van der Waals surface area contributed by atoms with Gasteiger partial charge in [-0.15, -0.1) is 0 Å². The van der Waals surface area contributed by atoms with Crippen LogP contribution in [0.15, 0.2) is 12.7 Å². The quantitative estimate of drug-likeness (QED) is 0.499. The summed E-state index contributed by atoms with van der Waals surface area (Å²) in [4.78, 5) is 0. The summed E-state index contributed by atoms with van der Waals surface area (Å²) >= 11 is 0. The van der Waals surface area contributed by atoms with Crippen molar-refractivity contribution >= 4 is 0 Å². The Bertz CT molecular complexity index is 212. The molecule has 1 aromatic rings. The molecule has 0 spiro atoms. The normalized spacial score (nSPS) is 8.36. The molecule has 0 amide bonds. The van der Waals surface area contributed by atoms with Gasteiger partial charge in [0.1, 0.15) is 0 Å². The van der Waals surface area contributed by atoms with Crippen molar-refractivity contribution in [2.75, 3.05) is 0 Å². The number of hydrogen-bond acceptors (Lipinski definition) is 0. The average Bonchev–Trinajstić information content (AvgIpc) is 2.25. The van der Waals surface area contributed by atoms with Gasteiger partial charge in [-0.2, -0.15) is 27.8 Å². The van der Waals surface area contributed by atoms with Gasteiger partial charge >= 0.3 is 20.4 Å². The van der Waals surface area contributed by atoms with Gasteiger partial charge in [-0.1, -0.05) is 34.6 Å². The fraction of sp³-hybridized carbons (Fsp3) is 0.385. The molecule has 0 aromatic heterocycles. The largest absolute Gasteiger partial charge is 2.00 e.